The van der Waals surface area contributed by atoms with Gasteiger partial charge >= 0.3 is 0 Å². The van der Waals surface area contributed by atoms with Gasteiger partial charge in [0.2, 0.25) is 0 Å². The zero-order chi connectivity index (χ0) is 15.0. The summed E-state index contributed by atoms with van der Waals surface area (Å²) >= 11 is 0. The molecule has 0 unspecified atom stereocenters. The van der Waals surface area contributed by atoms with E-state index >= 15 is 0 Å². The van der Waals surface area contributed by atoms with Crippen molar-refractivity contribution in [3.63, 3.8) is 0 Å². The molecule has 1 aromatic carbocycles. The molecule has 2 atom stereocenters. The Morgan fingerprint density at radius 3 is 2.90 bits per heavy atom. The Morgan fingerprint density at radius 1 is 1.48 bits per heavy atom. The van der Waals surface area contributed by atoms with Gasteiger partial charge in [0.1, 0.15) is 0 Å². The minimum Gasteiger partial charge on any atom is -0.315 e. The Balaban J connectivity index is 1.93. The van der Waals surface area contributed by atoms with E-state index in [0.717, 1.165) is 31.6 Å². The molecular formula is C16H23N3O2. The third-order valence-electron chi connectivity index (χ3n) is 5.19. The third-order valence-corrected chi connectivity index (χ3v) is 5.19. The van der Waals surface area contributed by atoms with Crippen LogP contribution in [0.25, 0.3) is 0 Å². The van der Waals surface area contributed by atoms with Crippen molar-refractivity contribution in [2.45, 2.75) is 44.7 Å². The van der Waals surface area contributed by atoms with E-state index in [4.69, 9.17) is 0 Å². The molecule has 1 aromatic rings. The zero-order valence-corrected chi connectivity index (χ0v) is 12.8. The Hall–Kier alpha value is -1.46. The average Bonchev–Trinajstić information content (AvgIpc) is 3.07. The molecule has 5 nitrogen and oxygen atoms in total. The molecule has 0 bridgehead atoms. The molecule has 2 saturated heterocycles. The SMILES string of the molecule is Cc1cc([C@@]2(C)CCCN2[C@H]2CCNC2)ccc1[N+](=O)[O-]. The molecule has 2 fully saturated rings. The highest BCUT2D eigenvalue weighted by molar-refractivity contribution is 5.44. The van der Waals surface area contributed by atoms with Crippen molar-refractivity contribution >= 4 is 5.69 Å². The van der Waals surface area contributed by atoms with Crippen molar-refractivity contribution in [3.8, 4) is 0 Å². The molecule has 114 valence electrons. The van der Waals surface area contributed by atoms with Gasteiger partial charge in [-0.05, 0) is 57.8 Å². The van der Waals surface area contributed by atoms with Gasteiger partial charge in [-0.3, -0.25) is 15.0 Å². The summed E-state index contributed by atoms with van der Waals surface area (Å²) in [5.74, 6) is 0. The maximum absolute atomic E-state index is 11.0. The normalized spacial score (nSPS) is 29.9. The molecule has 2 aliphatic rings. The van der Waals surface area contributed by atoms with Gasteiger partial charge < -0.3 is 5.32 Å². The van der Waals surface area contributed by atoms with E-state index in [9.17, 15) is 10.1 Å². The molecule has 0 radical (unpaired) electrons. The lowest BCUT2D eigenvalue weighted by Gasteiger charge is -2.40. The van der Waals surface area contributed by atoms with Crippen LogP contribution in [-0.4, -0.2) is 35.5 Å². The fourth-order valence-corrected chi connectivity index (χ4v) is 3.98. The predicted octanol–water partition coefficient (Wildman–Crippen LogP) is 2.58. The summed E-state index contributed by atoms with van der Waals surface area (Å²) in [6.45, 7) is 7.40. The van der Waals surface area contributed by atoms with Crippen molar-refractivity contribution in [2.24, 2.45) is 0 Å². The Bertz CT molecular complexity index is 554. The van der Waals surface area contributed by atoms with Crippen LogP contribution in [0.3, 0.4) is 0 Å². The van der Waals surface area contributed by atoms with E-state index in [1.54, 1.807) is 6.07 Å². The smallest absolute Gasteiger partial charge is 0.272 e. The summed E-state index contributed by atoms with van der Waals surface area (Å²) in [5, 5.41) is 14.4. The Kier molecular flexibility index (Phi) is 3.71. The fraction of sp³-hybridized carbons (Fsp3) is 0.625. The molecular weight excluding hydrogens is 266 g/mol. The summed E-state index contributed by atoms with van der Waals surface area (Å²) in [6, 6.07) is 6.22. The van der Waals surface area contributed by atoms with E-state index in [2.05, 4.69) is 17.1 Å². The minimum atomic E-state index is -0.297. The molecule has 5 heteroatoms. The van der Waals surface area contributed by atoms with Crippen LogP contribution in [0.5, 0.6) is 0 Å². The number of hydrogen-bond acceptors (Lipinski definition) is 4. The van der Waals surface area contributed by atoms with Crippen LogP contribution < -0.4 is 5.32 Å². The van der Waals surface area contributed by atoms with Gasteiger partial charge in [-0.25, -0.2) is 0 Å². The third kappa shape index (κ3) is 2.45. The number of hydrogen-bond donors (Lipinski definition) is 1. The van der Waals surface area contributed by atoms with Crippen LogP contribution >= 0.6 is 0 Å². The minimum absolute atomic E-state index is 0.0105. The average molecular weight is 289 g/mol. The van der Waals surface area contributed by atoms with Gasteiger partial charge in [0.05, 0.1) is 4.92 Å². The highest BCUT2D eigenvalue weighted by Gasteiger charge is 2.42. The fourth-order valence-electron chi connectivity index (χ4n) is 3.98. The first-order valence-electron chi connectivity index (χ1n) is 7.75. The maximum atomic E-state index is 11.0. The van der Waals surface area contributed by atoms with Gasteiger partial charge in [0, 0.05) is 29.8 Å². The molecule has 3 rings (SSSR count). The van der Waals surface area contributed by atoms with Crippen LogP contribution in [0.2, 0.25) is 0 Å². The van der Waals surface area contributed by atoms with Crippen LogP contribution in [0.15, 0.2) is 18.2 Å². The summed E-state index contributed by atoms with van der Waals surface area (Å²) < 4.78 is 0. The van der Waals surface area contributed by atoms with Crippen molar-refractivity contribution in [1.82, 2.24) is 10.2 Å². The van der Waals surface area contributed by atoms with Gasteiger partial charge in [-0.1, -0.05) is 6.07 Å². The summed E-state index contributed by atoms with van der Waals surface area (Å²) in [6.07, 6.45) is 3.52. The molecule has 2 aliphatic heterocycles. The summed E-state index contributed by atoms with van der Waals surface area (Å²) in [7, 11) is 0. The number of likely N-dealkylation sites (tertiary alicyclic amines) is 1. The quantitative estimate of drug-likeness (QED) is 0.686. The highest BCUT2D eigenvalue weighted by atomic mass is 16.6. The molecule has 0 amide bonds. The number of nitro groups is 1. The number of nitrogens with zero attached hydrogens (tertiary/aromatic N) is 2. The van der Waals surface area contributed by atoms with Crippen molar-refractivity contribution in [3.05, 3.63) is 39.4 Å². The van der Waals surface area contributed by atoms with E-state index < -0.39 is 0 Å². The van der Waals surface area contributed by atoms with E-state index in [1.807, 2.05) is 19.1 Å². The van der Waals surface area contributed by atoms with Crippen molar-refractivity contribution in [2.75, 3.05) is 19.6 Å². The molecule has 2 heterocycles. The van der Waals surface area contributed by atoms with Crippen molar-refractivity contribution < 1.29 is 4.92 Å². The predicted molar refractivity (Wildman–Crippen MR) is 82.4 cm³/mol. The monoisotopic (exact) mass is 289 g/mol. The first-order valence-corrected chi connectivity index (χ1v) is 7.75. The van der Waals surface area contributed by atoms with E-state index in [1.165, 1.54) is 18.4 Å². The lowest BCUT2D eigenvalue weighted by atomic mass is 9.87. The summed E-state index contributed by atoms with van der Waals surface area (Å²) in [4.78, 5) is 13.3. The molecule has 0 aromatic heterocycles. The molecule has 21 heavy (non-hydrogen) atoms. The van der Waals surface area contributed by atoms with Crippen molar-refractivity contribution in [1.29, 1.82) is 0 Å². The largest absolute Gasteiger partial charge is 0.315 e. The second-order valence-corrected chi connectivity index (χ2v) is 6.48. The van der Waals surface area contributed by atoms with E-state index in [-0.39, 0.29) is 16.1 Å². The molecule has 0 spiro atoms. The van der Waals surface area contributed by atoms with Crippen LogP contribution in [0, 0.1) is 17.0 Å². The van der Waals surface area contributed by atoms with Gasteiger partial charge in [-0.15, -0.1) is 0 Å². The Morgan fingerprint density at radius 2 is 2.29 bits per heavy atom. The topological polar surface area (TPSA) is 58.4 Å². The van der Waals surface area contributed by atoms with Gasteiger partial charge in [-0.2, -0.15) is 0 Å². The lowest BCUT2D eigenvalue weighted by Crippen LogP contribution is -2.46. The van der Waals surface area contributed by atoms with Crippen LogP contribution in [0.1, 0.15) is 37.3 Å². The number of rotatable bonds is 3. The second kappa shape index (κ2) is 5.39. The second-order valence-electron chi connectivity index (χ2n) is 6.48. The maximum Gasteiger partial charge on any atom is 0.272 e. The van der Waals surface area contributed by atoms with Crippen LogP contribution in [0.4, 0.5) is 5.69 Å². The number of benzene rings is 1. The standard InChI is InChI=1S/C16H23N3O2/c1-12-10-13(4-5-15(12)19(20)21)16(2)7-3-9-18(16)14-6-8-17-11-14/h4-5,10,14,17H,3,6-9,11H2,1-2H3/t14-,16+/m0/s1. The highest BCUT2D eigenvalue weighted by Crippen LogP contribution is 2.41. The lowest BCUT2D eigenvalue weighted by molar-refractivity contribution is -0.385. The first-order chi connectivity index (χ1) is 10.0. The van der Waals surface area contributed by atoms with Gasteiger partial charge in [0.15, 0.2) is 0 Å². The molecule has 0 aliphatic carbocycles. The molecule has 1 N–H and O–H groups in total. The van der Waals surface area contributed by atoms with Gasteiger partial charge in [0.25, 0.3) is 5.69 Å². The zero-order valence-electron chi connectivity index (χ0n) is 12.8. The number of nitro benzene ring substituents is 1. The number of nitrogens with one attached hydrogen (secondary N) is 1. The molecule has 0 saturated carbocycles. The summed E-state index contributed by atoms with van der Waals surface area (Å²) in [5.41, 5.74) is 2.20. The van der Waals surface area contributed by atoms with Crippen LogP contribution in [-0.2, 0) is 5.54 Å². The number of aryl methyl sites for hydroxylation is 1. The van der Waals surface area contributed by atoms with E-state index in [0.29, 0.717) is 6.04 Å². The first kappa shape index (κ1) is 14.5. The Labute approximate surface area is 125 Å².